The van der Waals surface area contributed by atoms with Gasteiger partial charge < -0.3 is 19.1 Å². The fraction of sp³-hybridized carbons (Fsp3) is 0.417. The summed E-state index contributed by atoms with van der Waals surface area (Å²) < 4.78 is 36.4. The summed E-state index contributed by atoms with van der Waals surface area (Å²) in [7, 11) is -2.74. The van der Waals surface area contributed by atoms with Gasteiger partial charge >= 0.3 is 10.1 Å². The molecule has 33 heavy (non-hydrogen) atoms. The van der Waals surface area contributed by atoms with E-state index in [0.717, 1.165) is 12.0 Å². The number of benzene rings is 2. The molecule has 0 saturated carbocycles. The predicted molar refractivity (Wildman–Crippen MR) is 127 cm³/mol. The molecular weight excluding hydrogens is 444 g/mol. The maximum atomic E-state index is 12.9. The standard InChI is InChI=1S/C24H32N2O6S/c1-7-17(4)26(24(28)16(2)3)15-19-8-13-22(31-6)23(14-19)32-33(29,30)21-11-9-20(10-12-21)25-18(5)27/h8-14,16-17H,7,15H2,1-6H3,(H,25,27)/t17-/m1/s1. The Morgan fingerprint density at radius 3 is 2.18 bits per heavy atom. The number of nitrogens with one attached hydrogen (secondary N) is 1. The highest BCUT2D eigenvalue weighted by Gasteiger charge is 2.24. The Kier molecular flexibility index (Phi) is 8.87. The molecule has 8 nitrogen and oxygen atoms in total. The van der Waals surface area contributed by atoms with E-state index in [2.05, 4.69) is 5.32 Å². The molecule has 0 heterocycles. The van der Waals surface area contributed by atoms with E-state index in [1.807, 2.05) is 27.7 Å². The van der Waals surface area contributed by atoms with Crippen LogP contribution < -0.4 is 14.2 Å². The van der Waals surface area contributed by atoms with Crippen molar-refractivity contribution >= 4 is 27.6 Å². The van der Waals surface area contributed by atoms with E-state index in [1.54, 1.807) is 23.1 Å². The molecule has 2 amide bonds. The van der Waals surface area contributed by atoms with Crippen LogP contribution in [0.4, 0.5) is 5.69 Å². The van der Waals surface area contributed by atoms with Gasteiger partial charge in [0.05, 0.1) is 7.11 Å². The van der Waals surface area contributed by atoms with Crippen molar-refractivity contribution < 1.29 is 26.9 Å². The molecule has 0 bridgehead atoms. The van der Waals surface area contributed by atoms with E-state index in [-0.39, 0.29) is 40.2 Å². The first kappa shape index (κ1) is 26.2. The maximum absolute atomic E-state index is 12.9. The number of hydrogen-bond acceptors (Lipinski definition) is 6. The van der Waals surface area contributed by atoms with Crippen LogP contribution in [0.1, 0.15) is 46.6 Å². The molecule has 0 aliphatic rings. The van der Waals surface area contributed by atoms with Gasteiger partial charge in [-0.25, -0.2) is 0 Å². The van der Waals surface area contributed by atoms with Crippen LogP contribution in [0.2, 0.25) is 0 Å². The van der Waals surface area contributed by atoms with Crippen LogP contribution in [0.25, 0.3) is 0 Å². The van der Waals surface area contributed by atoms with E-state index in [1.165, 1.54) is 38.3 Å². The third kappa shape index (κ3) is 6.95. The molecule has 0 aromatic heterocycles. The highest BCUT2D eigenvalue weighted by molar-refractivity contribution is 7.87. The molecule has 2 rings (SSSR count). The highest BCUT2D eigenvalue weighted by atomic mass is 32.2. The first-order valence-corrected chi connectivity index (χ1v) is 12.2. The average molecular weight is 477 g/mol. The molecule has 2 aromatic rings. The minimum absolute atomic E-state index is 0.0227. The predicted octanol–water partition coefficient (Wildman–Crippen LogP) is 4.20. The van der Waals surface area contributed by atoms with Crippen molar-refractivity contribution in [3.63, 3.8) is 0 Å². The summed E-state index contributed by atoms with van der Waals surface area (Å²) in [6.45, 7) is 9.38. The fourth-order valence-corrected chi connectivity index (χ4v) is 4.09. The Hall–Kier alpha value is -3.07. The zero-order valence-electron chi connectivity index (χ0n) is 19.9. The second kappa shape index (κ2) is 11.2. The van der Waals surface area contributed by atoms with Gasteiger partial charge in [-0.3, -0.25) is 9.59 Å². The Morgan fingerprint density at radius 1 is 1.03 bits per heavy atom. The summed E-state index contributed by atoms with van der Waals surface area (Å²) in [5, 5.41) is 2.58. The highest BCUT2D eigenvalue weighted by Crippen LogP contribution is 2.32. The number of hydrogen-bond donors (Lipinski definition) is 1. The quantitative estimate of drug-likeness (QED) is 0.516. The first-order valence-electron chi connectivity index (χ1n) is 10.8. The van der Waals surface area contributed by atoms with Gasteiger partial charge in [-0.05, 0) is 55.3 Å². The summed E-state index contributed by atoms with van der Waals surface area (Å²) in [5.74, 6) is -0.112. The number of ether oxygens (including phenoxy) is 1. The fourth-order valence-electron chi connectivity index (χ4n) is 3.16. The van der Waals surface area contributed by atoms with Gasteiger partial charge in [0.15, 0.2) is 11.5 Å². The number of carbonyl (C=O) groups excluding carboxylic acids is 2. The lowest BCUT2D eigenvalue weighted by Gasteiger charge is -2.30. The lowest BCUT2D eigenvalue weighted by molar-refractivity contribution is -0.137. The van der Waals surface area contributed by atoms with Crippen molar-refractivity contribution in [2.75, 3.05) is 12.4 Å². The molecule has 180 valence electrons. The molecule has 9 heteroatoms. The minimum Gasteiger partial charge on any atom is -0.493 e. The van der Waals surface area contributed by atoms with Crippen molar-refractivity contribution in [3.8, 4) is 11.5 Å². The molecule has 0 fully saturated rings. The molecule has 0 radical (unpaired) electrons. The van der Waals surface area contributed by atoms with E-state index in [9.17, 15) is 18.0 Å². The normalized spacial score (nSPS) is 12.2. The molecule has 0 spiro atoms. The van der Waals surface area contributed by atoms with Crippen molar-refractivity contribution in [2.45, 2.75) is 58.5 Å². The average Bonchev–Trinajstić information content (AvgIpc) is 2.76. The van der Waals surface area contributed by atoms with Crippen LogP contribution in [-0.2, 0) is 26.3 Å². The number of rotatable bonds is 10. The van der Waals surface area contributed by atoms with E-state index < -0.39 is 10.1 Å². The molecule has 0 aliphatic carbocycles. The van der Waals surface area contributed by atoms with Crippen molar-refractivity contribution in [1.82, 2.24) is 4.90 Å². The molecule has 0 aliphatic heterocycles. The number of amides is 2. The Bertz CT molecular complexity index is 1080. The molecular formula is C24H32N2O6S. The summed E-state index contributed by atoms with van der Waals surface area (Å²) in [6, 6.07) is 10.7. The van der Waals surface area contributed by atoms with Crippen LogP contribution in [0.3, 0.4) is 0 Å². The summed E-state index contributed by atoms with van der Waals surface area (Å²) in [4.78, 5) is 25.6. The van der Waals surface area contributed by atoms with Gasteiger partial charge in [-0.15, -0.1) is 0 Å². The lowest BCUT2D eigenvalue weighted by Crippen LogP contribution is -2.40. The summed E-state index contributed by atoms with van der Waals surface area (Å²) in [6.07, 6.45) is 0.792. The smallest absolute Gasteiger partial charge is 0.339 e. The number of anilines is 1. The van der Waals surface area contributed by atoms with E-state index in [4.69, 9.17) is 8.92 Å². The second-order valence-corrected chi connectivity index (χ2v) is 9.65. The van der Waals surface area contributed by atoms with Crippen LogP contribution in [0.5, 0.6) is 11.5 Å². The minimum atomic E-state index is -4.16. The summed E-state index contributed by atoms with van der Waals surface area (Å²) in [5.41, 5.74) is 1.19. The van der Waals surface area contributed by atoms with Crippen LogP contribution >= 0.6 is 0 Å². The third-order valence-electron chi connectivity index (χ3n) is 5.14. The topological polar surface area (TPSA) is 102 Å². The van der Waals surface area contributed by atoms with Gasteiger partial charge in [-0.2, -0.15) is 8.42 Å². The van der Waals surface area contributed by atoms with Gasteiger partial charge in [0.2, 0.25) is 11.8 Å². The van der Waals surface area contributed by atoms with Crippen molar-refractivity contribution in [2.24, 2.45) is 5.92 Å². The zero-order chi connectivity index (χ0) is 24.8. The third-order valence-corrected chi connectivity index (χ3v) is 6.39. The summed E-state index contributed by atoms with van der Waals surface area (Å²) >= 11 is 0. The molecule has 0 saturated heterocycles. The van der Waals surface area contributed by atoms with Crippen LogP contribution in [-0.4, -0.2) is 38.3 Å². The number of carbonyl (C=O) groups is 2. The first-order chi connectivity index (χ1) is 15.5. The molecule has 0 unspecified atom stereocenters. The molecule has 1 atom stereocenters. The monoisotopic (exact) mass is 476 g/mol. The van der Waals surface area contributed by atoms with Crippen LogP contribution in [0.15, 0.2) is 47.4 Å². The maximum Gasteiger partial charge on any atom is 0.339 e. The van der Waals surface area contributed by atoms with Gasteiger partial charge in [0, 0.05) is 31.1 Å². The van der Waals surface area contributed by atoms with Crippen molar-refractivity contribution in [3.05, 3.63) is 48.0 Å². The van der Waals surface area contributed by atoms with Gasteiger partial charge in [-0.1, -0.05) is 26.8 Å². The second-order valence-electron chi connectivity index (χ2n) is 8.11. The molecule has 2 aromatic carbocycles. The zero-order valence-corrected chi connectivity index (χ0v) is 20.7. The van der Waals surface area contributed by atoms with E-state index in [0.29, 0.717) is 12.2 Å². The SMILES string of the molecule is CC[C@@H](C)N(Cc1ccc(OC)c(OS(=O)(=O)c2ccc(NC(C)=O)cc2)c1)C(=O)C(C)C. The Labute approximate surface area is 196 Å². The lowest BCUT2D eigenvalue weighted by atomic mass is 10.1. The number of nitrogens with zero attached hydrogens (tertiary/aromatic N) is 1. The molecule has 1 N–H and O–H groups in total. The van der Waals surface area contributed by atoms with Crippen molar-refractivity contribution in [1.29, 1.82) is 0 Å². The Morgan fingerprint density at radius 2 is 1.67 bits per heavy atom. The van der Waals surface area contributed by atoms with Gasteiger partial charge in [0.1, 0.15) is 4.90 Å². The number of methoxy groups -OCH3 is 1. The van der Waals surface area contributed by atoms with E-state index >= 15 is 0 Å². The van der Waals surface area contributed by atoms with Gasteiger partial charge in [0.25, 0.3) is 0 Å². The largest absolute Gasteiger partial charge is 0.493 e. The van der Waals surface area contributed by atoms with Crippen LogP contribution in [0, 0.1) is 5.92 Å². The Balaban J connectivity index is 2.33.